The number of ether oxygens (including phenoxy) is 1. The first-order chi connectivity index (χ1) is 8.96. The molecule has 0 radical (unpaired) electrons. The molecular formula is C12H14ClNO4S. The Bertz CT molecular complexity index is 546. The third-order valence-electron chi connectivity index (χ3n) is 2.74. The second kappa shape index (κ2) is 5.79. The van der Waals surface area contributed by atoms with Crippen molar-refractivity contribution in [3.63, 3.8) is 0 Å². The van der Waals surface area contributed by atoms with E-state index in [1.165, 1.54) is 0 Å². The molecule has 0 spiro atoms. The quantitative estimate of drug-likeness (QED) is 0.826. The summed E-state index contributed by atoms with van der Waals surface area (Å²) >= 11 is 5.89. The van der Waals surface area contributed by atoms with Gasteiger partial charge in [-0.3, -0.25) is 4.79 Å². The molecule has 0 aromatic heterocycles. The van der Waals surface area contributed by atoms with E-state index >= 15 is 0 Å². The number of amides is 1. The van der Waals surface area contributed by atoms with Crippen molar-refractivity contribution in [3.05, 3.63) is 30.3 Å². The van der Waals surface area contributed by atoms with Crippen LogP contribution in [0.15, 0.2) is 30.3 Å². The molecular weight excluding hydrogens is 290 g/mol. The first-order valence-electron chi connectivity index (χ1n) is 5.78. The summed E-state index contributed by atoms with van der Waals surface area (Å²) in [6.45, 7) is -0.163. The molecule has 2 rings (SSSR count). The number of nitrogens with one attached hydrogen (secondary N) is 1. The molecule has 1 aliphatic rings. The number of carbonyl (C=O) groups is 1. The minimum absolute atomic E-state index is 0.0982. The Hall–Kier alpha value is -1.27. The number of sulfone groups is 1. The van der Waals surface area contributed by atoms with Crippen molar-refractivity contribution in [2.75, 3.05) is 18.1 Å². The lowest BCUT2D eigenvalue weighted by Gasteiger charge is -2.14. The van der Waals surface area contributed by atoms with Crippen LogP contribution in [0.4, 0.5) is 0 Å². The number of para-hydroxylation sites is 1. The Morgan fingerprint density at radius 3 is 2.58 bits per heavy atom. The first-order valence-corrected chi connectivity index (χ1v) is 8.04. The van der Waals surface area contributed by atoms with Crippen molar-refractivity contribution in [1.29, 1.82) is 0 Å². The lowest BCUT2D eigenvalue weighted by molar-refractivity contribution is -0.123. The highest BCUT2D eigenvalue weighted by atomic mass is 35.5. The van der Waals surface area contributed by atoms with Gasteiger partial charge in [-0.05, 0) is 12.1 Å². The largest absolute Gasteiger partial charge is 0.484 e. The molecule has 1 saturated heterocycles. The van der Waals surface area contributed by atoms with Crippen molar-refractivity contribution in [1.82, 2.24) is 5.32 Å². The maximum atomic E-state index is 11.6. The molecule has 7 heteroatoms. The molecule has 1 fully saturated rings. The van der Waals surface area contributed by atoms with Crippen molar-refractivity contribution in [2.45, 2.75) is 11.4 Å². The van der Waals surface area contributed by atoms with Crippen LogP contribution in [0.2, 0.25) is 0 Å². The summed E-state index contributed by atoms with van der Waals surface area (Å²) in [5.74, 6) is -0.00665. The zero-order chi connectivity index (χ0) is 13.9. The normalized spacial score (nSPS) is 24.9. The van der Waals surface area contributed by atoms with Gasteiger partial charge in [0, 0.05) is 0 Å². The molecule has 1 amide bonds. The Labute approximate surface area is 116 Å². The van der Waals surface area contributed by atoms with E-state index in [0.29, 0.717) is 5.75 Å². The topological polar surface area (TPSA) is 72.5 Å². The van der Waals surface area contributed by atoms with Crippen LogP contribution in [0.1, 0.15) is 0 Å². The lowest BCUT2D eigenvalue weighted by Crippen LogP contribution is -2.42. The number of halogens is 1. The molecule has 0 aliphatic carbocycles. The van der Waals surface area contributed by atoms with Gasteiger partial charge in [0.1, 0.15) is 5.75 Å². The summed E-state index contributed by atoms with van der Waals surface area (Å²) in [5.41, 5.74) is 0. The van der Waals surface area contributed by atoms with Gasteiger partial charge in [-0.15, -0.1) is 11.6 Å². The van der Waals surface area contributed by atoms with Crippen LogP contribution in [-0.4, -0.2) is 43.9 Å². The molecule has 2 unspecified atom stereocenters. The summed E-state index contributed by atoms with van der Waals surface area (Å²) in [4.78, 5) is 11.6. The standard InChI is InChI=1S/C12H14ClNO4S/c13-10-7-19(16,17)8-11(10)14-12(15)6-18-9-4-2-1-3-5-9/h1-5,10-11H,6-8H2,(H,14,15). The predicted octanol–water partition coefficient (Wildman–Crippen LogP) is 0.586. The molecule has 104 valence electrons. The van der Waals surface area contributed by atoms with Gasteiger partial charge in [-0.1, -0.05) is 18.2 Å². The Balaban J connectivity index is 1.82. The average Bonchev–Trinajstić information content (AvgIpc) is 2.61. The zero-order valence-corrected chi connectivity index (χ0v) is 11.7. The minimum Gasteiger partial charge on any atom is -0.484 e. The second-order valence-corrected chi connectivity index (χ2v) is 7.08. The van der Waals surface area contributed by atoms with Crippen LogP contribution in [0, 0.1) is 0 Å². The fraction of sp³-hybridized carbons (Fsp3) is 0.417. The van der Waals surface area contributed by atoms with Crippen LogP contribution in [0.5, 0.6) is 5.75 Å². The second-order valence-electron chi connectivity index (χ2n) is 4.37. The molecule has 1 aliphatic heterocycles. The Morgan fingerprint density at radius 1 is 1.32 bits per heavy atom. The molecule has 1 heterocycles. The number of carbonyl (C=O) groups excluding carboxylic acids is 1. The number of benzene rings is 1. The van der Waals surface area contributed by atoms with Crippen molar-refractivity contribution in [2.24, 2.45) is 0 Å². The number of hydrogen-bond acceptors (Lipinski definition) is 4. The Morgan fingerprint density at radius 2 is 2.00 bits per heavy atom. The first kappa shape index (κ1) is 14.1. The van der Waals surface area contributed by atoms with Gasteiger partial charge in [-0.25, -0.2) is 8.42 Å². The summed E-state index contributed by atoms with van der Waals surface area (Å²) in [6, 6.07) is 8.36. The van der Waals surface area contributed by atoms with Crippen LogP contribution in [0.3, 0.4) is 0 Å². The minimum atomic E-state index is -3.14. The molecule has 5 nitrogen and oxygen atoms in total. The fourth-order valence-corrected chi connectivity index (χ4v) is 4.40. The van der Waals surface area contributed by atoms with Gasteiger partial charge in [-0.2, -0.15) is 0 Å². The van der Waals surface area contributed by atoms with Gasteiger partial charge < -0.3 is 10.1 Å². The molecule has 0 saturated carbocycles. The maximum Gasteiger partial charge on any atom is 0.258 e. The van der Waals surface area contributed by atoms with E-state index in [0.717, 1.165) is 0 Å². The van der Waals surface area contributed by atoms with Crippen molar-refractivity contribution in [3.8, 4) is 5.75 Å². The number of hydrogen-bond donors (Lipinski definition) is 1. The van der Waals surface area contributed by atoms with E-state index in [-0.39, 0.29) is 24.0 Å². The number of alkyl halides is 1. The van der Waals surface area contributed by atoms with E-state index in [2.05, 4.69) is 5.32 Å². The molecule has 19 heavy (non-hydrogen) atoms. The maximum absolute atomic E-state index is 11.6. The summed E-state index contributed by atoms with van der Waals surface area (Å²) in [6.07, 6.45) is 0. The Kier molecular flexibility index (Phi) is 4.31. The van der Waals surface area contributed by atoms with Crippen LogP contribution >= 0.6 is 11.6 Å². The SMILES string of the molecule is O=C(COc1ccccc1)NC1CS(=O)(=O)CC1Cl. The van der Waals surface area contributed by atoms with Gasteiger partial charge >= 0.3 is 0 Å². The smallest absolute Gasteiger partial charge is 0.258 e. The summed E-state index contributed by atoms with van der Waals surface area (Å²) < 4.78 is 28.0. The third kappa shape index (κ3) is 4.11. The molecule has 2 atom stereocenters. The highest BCUT2D eigenvalue weighted by Gasteiger charge is 2.37. The monoisotopic (exact) mass is 303 g/mol. The van der Waals surface area contributed by atoms with Crippen LogP contribution in [-0.2, 0) is 14.6 Å². The molecule has 1 N–H and O–H groups in total. The van der Waals surface area contributed by atoms with E-state index in [1.807, 2.05) is 6.07 Å². The number of rotatable bonds is 4. The van der Waals surface area contributed by atoms with Crippen molar-refractivity contribution < 1.29 is 17.9 Å². The fourth-order valence-electron chi connectivity index (χ4n) is 1.85. The average molecular weight is 304 g/mol. The van der Waals surface area contributed by atoms with Crippen molar-refractivity contribution >= 4 is 27.3 Å². The summed E-state index contributed by atoms with van der Waals surface area (Å²) in [5, 5.41) is 2.00. The molecule has 1 aromatic rings. The van der Waals surface area contributed by atoms with E-state index in [1.54, 1.807) is 24.3 Å². The van der Waals surface area contributed by atoms with E-state index in [4.69, 9.17) is 16.3 Å². The zero-order valence-electron chi connectivity index (χ0n) is 10.1. The highest BCUT2D eigenvalue weighted by molar-refractivity contribution is 7.91. The van der Waals surface area contributed by atoms with E-state index < -0.39 is 21.3 Å². The van der Waals surface area contributed by atoms with Gasteiger partial charge in [0.15, 0.2) is 16.4 Å². The highest BCUT2D eigenvalue weighted by Crippen LogP contribution is 2.18. The van der Waals surface area contributed by atoms with Gasteiger partial charge in [0.25, 0.3) is 5.91 Å². The van der Waals surface area contributed by atoms with Crippen LogP contribution in [0.25, 0.3) is 0 Å². The van der Waals surface area contributed by atoms with Gasteiger partial charge in [0.05, 0.1) is 22.9 Å². The van der Waals surface area contributed by atoms with E-state index in [9.17, 15) is 13.2 Å². The molecule has 1 aromatic carbocycles. The summed E-state index contributed by atoms with van der Waals surface area (Å²) in [7, 11) is -3.14. The molecule has 0 bridgehead atoms. The third-order valence-corrected chi connectivity index (χ3v) is 5.12. The van der Waals surface area contributed by atoms with Gasteiger partial charge in [0.2, 0.25) is 0 Å². The predicted molar refractivity (Wildman–Crippen MR) is 72.2 cm³/mol. The van der Waals surface area contributed by atoms with Crippen LogP contribution < -0.4 is 10.1 Å². The lowest BCUT2D eigenvalue weighted by atomic mass is 10.2.